The van der Waals surface area contributed by atoms with E-state index in [0.717, 1.165) is 19.3 Å². The molecule has 0 radical (unpaired) electrons. The molecule has 6 heteroatoms. The molecular formula is C19H21FN2O2S. The molecular weight excluding hydrogens is 339 g/mol. The van der Waals surface area contributed by atoms with Gasteiger partial charge in [-0.2, -0.15) is 0 Å². The van der Waals surface area contributed by atoms with Crippen LogP contribution in [0, 0.1) is 5.82 Å². The van der Waals surface area contributed by atoms with Crippen LogP contribution in [-0.2, 0) is 0 Å². The number of carbonyl (C=O) groups is 1. The molecule has 0 spiro atoms. The molecule has 0 atom stereocenters. The van der Waals surface area contributed by atoms with Gasteiger partial charge >= 0.3 is 0 Å². The predicted octanol–water partition coefficient (Wildman–Crippen LogP) is 4.52. The topological polar surface area (TPSA) is 50.4 Å². The fourth-order valence-corrected chi connectivity index (χ4v) is 2.39. The maximum absolute atomic E-state index is 12.9. The number of benzene rings is 2. The molecule has 0 heterocycles. The summed E-state index contributed by atoms with van der Waals surface area (Å²) >= 11 is 5.13. The first-order chi connectivity index (χ1) is 12.1. The molecule has 0 aromatic heterocycles. The number of unbranched alkanes of at least 4 members (excludes halogenated alkanes) is 2. The Morgan fingerprint density at radius 3 is 2.56 bits per heavy atom. The highest BCUT2D eigenvalue weighted by Crippen LogP contribution is 2.18. The third-order valence-corrected chi connectivity index (χ3v) is 3.67. The lowest BCUT2D eigenvalue weighted by atomic mass is 10.2. The highest BCUT2D eigenvalue weighted by molar-refractivity contribution is 7.80. The number of rotatable bonds is 7. The Hall–Kier alpha value is -2.47. The zero-order valence-electron chi connectivity index (χ0n) is 14.0. The van der Waals surface area contributed by atoms with Gasteiger partial charge in [-0.15, -0.1) is 0 Å². The summed E-state index contributed by atoms with van der Waals surface area (Å²) in [4.78, 5) is 12.4. The van der Waals surface area contributed by atoms with Crippen LogP contribution < -0.4 is 15.4 Å². The summed E-state index contributed by atoms with van der Waals surface area (Å²) in [6, 6.07) is 12.7. The molecule has 2 aromatic rings. The number of anilines is 1. The van der Waals surface area contributed by atoms with Crippen LogP contribution in [0.2, 0.25) is 0 Å². The van der Waals surface area contributed by atoms with Gasteiger partial charge in [-0.3, -0.25) is 10.1 Å². The molecule has 1 amide bonds. The summed E-state index contributed by atoms with van der Waals surface area (Å²) in [5, 5.41) is 5.59. The second-order valence-electron chi connectivity index (χ2n) is 5.47. The first kappa shape index (κ1) is 18.9. The molecule has 132 valence electrons. The second kappa shape index (κ2) is 9.74. The van der Waals surface area contributed by atoms with Gasteiger partial charge in [0.1, 0.15) is 11.6 Å². The minimum atomic E-state index is -0.356. The molecule has 4 nitrogen and oxygen atoms in total. The molecule has 0 fully saturated rings. The Morgan fingerprint density at radius 2 is 1.84 bits per heavy atom. The maximum atomic E-state index is 12.9. The van der Waals surface area contributed by atoms with Gasteiger partial charge in [0.25, 0.3) is 5.91 Å². The van der Waals surface area contributed by atoms with E-state index in [1.807, 2.05) is 6.07 Å². The van der Waals surface area contributed by atoms with E-state index in [9.17, 15) is 9.18 Å². The number of thiocarbonyl (C=S) groups is 1. The Labute approximate surface area is 152 Å². The monoisotopic (exact) mass is 360 g/mol. The van der Waals surface area contributed by atoms with Gasteiger partial charge in [0.05, 0.1) is 12.2 Å². The Bertz CT molecular complexity index is 720. The number of carbonyl (C=O) groups excluding carboxylic acids is 1. The molecule has 25 heavy (non-hydrogen) atoms. The average molecular weight is 360 g/mol. The summed E-state index contributed by atoms with van der Waals surface area (Å²) < 4.78 is 18.6. The van der Waals surface area contributed by atoms with Crippen molar-refractivity contribution in [1.82, 2.24) is 5.32 Å². The van der Waals surface area contributed by atoms with Gasteiger partial charge in [-0.25, -0.2) is 4.39 Å². The van der Waals surface area contributed by atoms with Gasteiger partial charge in [0, 0.05) is 5.69 Å². The van der Waals surface area contributed by atoms with Gasteiger partial charge in [0.15, 0.2) is 5.11 Å². The van der Waals surface area contributed by atoms with Crippen molar-refractivity contribution in [3.8, 4) is 5.75 Å². The van der Waals surface area contributed by atoms with Crippen LogP contribution in [0.4, 0.5) is 10.1 Å². The fraction of sp³-hybridized carbons (Fsp3) is 0.263. The van der Waals surface area contributed by atoms with Crippen LogP contribution in [-0.4, -0.2) is 17.6 Å². The Kier molecular flexibility index (Phi) is 7.35. The maximum Gasteiger partial charge on any atom is 0.261 e. The Morgan fingerprint density at radius 1 is 1.12 bits per heavy atom. The van der Waals surface area contributed by atoms with Crippen LogP contribution in [0.1, 0.15) is 36.5 Å². The minimum Gasteiger partial charge on any atom is -0.493 e. The van der Waals surface area contributed by atoms with Crippen molar-refractivity contribution in [2.24, 2.45) is 0 Å². The van der Waals surface area contributed by atoms with E-state index in [-0.39, 0.29) is 16.8 Å². The second-order valence-corrected chi connectivity index (χ2v) is 5.88. The summed E-state index contributed by atoms with van der Waals surface area (Å²) in [6.45, 7) is 2.69. The minimum absolute atomic E-state index is 0.136. The SMILES string of the molecule is CCCCCOc1ccccc1C(=O)NC(=S)Nc1ccc(F)cc1. The fourth-order valence-electron chi connectivity index (χ4n) is 2.18. The van der Waals surface area contributed by atoms with E-state index in [2.05, 4.69) is 17.6 Å². The molecule has 0 aliphatic carbocycles. The van der Waals surface area contributed by atoms with Crippen molar-refractivity contribution in [3.05, 3.63) is 59.9 Å². The zero-order chi connectivity index (χ0) is 18.1. The number of nitrogens with one attached hydrogen (secondary N) is 2. The largest absolute Gasteiger partial charge is 0.493 e. The van der Waals surface area contributed by atoms with E-state index < -0.39 is 0 Å². The van der Waals surface area contributed by atoms with E-state index in [1.54, 1.807) is 30.3 Å². The molecule has 2 N–H and O–H groups in total. The third-order valence-electron chi connectivity index (χ3n) is 3.47. The molecule has 0 aliphatic heterocycles. The quantitative estimate of drug-likeness (QED) is 0.563. The average Bonchev–Trinajstić information content (AvgIpc) is 2.61. The summed E-state index contributed by atoms with van der Waals surface area (Å²) in [6.07, 6.45) is 3.13. The lowest BCUT2D eigenvalue weighted by molar-refractivity contribution is 0.0973. The number of halogens is 1. The number of hydrogen-bond acceptors (Lipinski definition) is 3. The third kappa shape index (κ3) is 6.15. The Balaban J connectivity index is 1.95. The van der Waals surface area contributed by atoms with Crippen LogP contribution in [0.15, 0.2) is 48.5 Å². The zero-order valence-corrected chi connectivity index (χ0v) is 14.9. The van der Waals surface area contributed by atoms with E-state index in [0.29, 0.717) is 23.6 Å². The highest BCUT2D eigenvalue weighted by atomic mass is 32.1. The van der Waals surface area contributed by atoms with Crippen LogP contribution >= 0.6 is 12.2 Å². The molecule has 0 unspecified atom stereocenters. The van der Waals surface area contributed by atoms with Crippen LogP contribution in [0.5, 0.6) is 5.75 Å². The lowest BCUT2D eigenvalue weighted by Crippen LogP contribution is -2.34. The van der Waals surface area contributed by atoms with Crippen molar-refractivity contribution in [3.63, 3.8) is 0 Å². The molecule has 0 aliphatic rings. The van der Waals surface area contributed by atoms with Crippen molar-refractivity contribution in [2.75, 3.05) is 11.9 Å². The number of para-hydroxylation sites is 1. The van der Waals surface area contributed by atoms with Crippen LogP contribution in [0.3, 0.4) is 0 Å². The van der Waals surface area contributed by atoms with Crippen LogP contribution in [0.25, 0.3) is 0 Å². The van der Waals surface area contributed by atoms with Crippen molar-refractivity contribution >= 4 is 28.9 Å². The van der Waals surface area contributed by atoms with Gasteiger partial charge < -0.3 is 10.1 Å². The number of amides is 1. The van der Waals surface area contributed by atoms with Gasteiger partial charge in [-0.05, 0) is 55.0 Å². The summed E-state index contributed by atoms with van der Waals surface area (Å²) in [5.41, 5.74) is 1.01. The van der Waals surface area contributed by atoms with E-state index >= 15 is 0 Å². The lowest BCUT2D eigenvalue weighted by Gasteiger charge is -2.13. The normalized spacial score (nSPS) is 10.2. The standard InChI is InChI=1S/C19H21FN2O2S/c1-2-3-6-13-24-17-8-5-4-7-16(17)18(23)22-19(25)21-15-11-9-14(20)10-12-15/h4-5,7-12H,2-3,6,13H2,1H3,(H2,21,22,23,25). The molecule has 0 bridgehead atoms. The first-order valence-electron chi connectivity index (χ1n) is 8.20. The van der Waals surface area contributed by atoms with Crippen molar-refractivity contribution in [2.45, 2.75) is 26.2 Å². The smallest absolute Gasteiger partial charge is 0.261 e. The van der Waals surface area contributed by atoms with Gasteiger partial charge in [0.2, 0.25) is 0 Å². The van der Waals surface area contributed by atoms with Crippen molar-refractivity contribution in [1.29, 1.82) is 0 Å². The number of hydrogen-bond donors (Lipinski definition) is 2. The highest BCUT2D eigenvalue weighted by Gasteiger charge is 2.13. The molecule has 2 aromatic carbocycles. The van der Waals surface area contributed by atoms with Crippen molar-refractivity contribution < 1.29 is 13.9 Å². The van der Waals surface area contributed by atoms with E-state index in [4.69, 9.17) is 17.0 Å². The van der Waals surface area contributed by atoms with Gasteiger partial charge in [-0.1, -0.05) is 31.9 Å². The summed E-state index contributed by atoms with van der Waals surface area (Å²) in [5.74, 6) is -0.166. The molecule has 2 rings (SSSR count). The van der Waals surface area contributed by atoms with E-state index in [1.165, 1.54) is 12.1 Å². The molecule has 0 saturated heterocycles. The molecule has 0 saturated carbocycles. The summed E-state index contributed by atoms with van der Waals surface area (Å²) in [7, 11) is 0. The predicted molar refractivity (Wildman–Crippen MR) is 102 cm³/mol. The number of ether oxygens (including phenoxy) is 1. The first-order valence-corrected chi connectivity index (χ1v) is 8.60.